The van der Waals surface area contributed by atoms with Crippen molar-refractivity contribution >= 4 is 5.91 Å². The van der Waals surface area contributed by atoms with E-state index >= 15 is 0 Å². The highest BCUT2D eigenvalue weighted by molar-refractivity contribution is 5.93. The van der Waals surface area contributed by atoms with Crippen molar-refractivity contribution in [2.45, 2.75) is 38.4 Å². The molecule has 0 atom stereocenters. The Morgan fingerprint density at radius 3 is 2.41 bits per heavy atom. The second-order valence-corrected chi connectivity index (χ2v) is 7.19. The molecular formula is C22H20F3N3O. The molecule has 3 aromatic rings. The van der Waals surface area contributed by atoms with E-state index in [4.69, 9.17) is 0 Å². The van der Waals surface area contributed by atoms with Crippen molar-refractivity contribution in [3.05, 3.63) is 82.9 Å². The third kappa shape index (κ3) is 3.90. The number of imidazole rings is 1. The molecule has 2 aromatic carbocycles. The van der Waals surface area contributed by atoms with Crippen LogP contribution in [0.25, 0.3) is 5.69 Å². The maximum Gasteiger partial charge on any atom is 0.416 e. The van der Waals surface area contributed by atoms with Gasteiger partial charge in [0.15, 0.2) is 0 Å². The summed E-state index contributed by atoms with van der Waals surface area (Å²) in [6, 6.07) is 14.9. The van der Waals surface area contributed by atoms with E-state index in [1.54, 1.807) is 0 Å². The van der Waals surface area contributed by atoms with Crippen LogP contribution in [-0.4, -0.2) is 15.5 Å². The number of hydrogen-bond donors (Lipinski definition) is 1. The smallest absolute Gasteiger partial charge is 0.347 e. The quantitative estimate of drug-likeness (QED) is 0.656. The van der Waals surface area contributed by atoms with Gasteiger partial charge in [0.2, 0.25) is 0 Å². The molecule has 1 aliphatic rings. The molecule has 0 unspecified atom stereocenters. The Kier molecular flexibility index (Phi) is 4.90. The van der Waals surface area contributed by atoms with Crippen LogP contribution in [0.1, 0.15) is 51.9 Å². The lowest BCUT2D eigenvalue weighted by Gasteiger charge is -2.13. The number of benzene rings is 2. The molecular weight excluding hydrogens is 379 g/mol. The van der Waals surface area contributed by atoms with Crippen LogP contribution in [0.5, 0.6) is 0 Å². The lowest BCUT2D eigenvalue weighted by atomic mass is 10.1. The molecule has 4 nitrogen and oxygen atoms in total. The average molecular weight is 399 g/mol. The van der Waals surface area contributed by atoms with Crippen LogP contribution in [0, 0.1) is 6.92 Å². The number of carbonyl (C=O) groups is 1. The maximum absolute atomic E-state index is 13.2. The number of rotatable bonds is 5. The SMILES string of the molecule is Cc1c(C(=O)NCc2ccccc2C(F)(F)F)nc(C2CC2)n1-c1ccccc1. The van der Waals surface area contributed by atoms with E-state index in [0.29, 0.717) is 11.6 Å². The van der Waals surface area contributed by atoms with Gasteiger partial charge in [0.05, 0.1) is 11.3 Å². The lowest BCUT2D eigenvalue weighted by Crippen LogP contribution is -2.25. The summed E-state index contributed by atoms with van der Waals surface area (Å²) in [5.74, 6) is 0.659. The zero-order chi connectivity index (χ0) is 20.6. The lowest BCUT2D eigenvalue weighted by molar-refractivity contribution is -0.138. The second-order valence-electron chi connectivity index (χ2n) is 7.19. The van der Waals surface area contributed by atoms with Gasteiger partial charge in [-0.2, -0.15) is 13.2 Å². The maximum atomic E-state index is 13.2. The first-order chi connectivity index (χ1) is 13.9. The first kappa shape index (κ1) is 19.2. The number of nitrogens with zero attached hydrogens (tertiary/aromatic N) is 2. The van der Waals surface area contributed by atoms with Crippen LogP contribution in [0.4, 0.5) is 13.2 Å². The van der Waals surface area contributed by atoms with Gasteiger partial charge in [0, 0.05) is 18.2 Å². The van der Waals surface area contributed by atoms with E-state index in [9.17, 15) is 18.0 Å². The summed E-state index contributed by atoms with van der Waals surface area (Å²) >= 11 is 0. The standard InChI is InChI=1S/C22H20F3N3O/c1-14-19(21(29)26-13-16-7-5-6-10-18(16)22(23,24)25)27-20(15-11-12-15)28(14)17-8-3-2-4-9-17/h2-10,15H,11-13H2,1H3,(H,26,29). The molecule has 150 valence electrons. The van der Waals surface area contributed by atoms with Crippen molar-refractivity contribution in [3.63, 3.8) is 0 Å². The van der Waals surface area contributed by atoms with Crippen molar-refractivity contribution in [2.75, 3.05) is 0 Å². The Morgan fingerprint density at radius 2 is 1.76 bits per heavy atom. The highest BCUT2D eigenvalue weighted by Crippen LogP contribution is 2.41. The van der Waals surface area contributed by atoms with Crippen LogP contribution < -0.4 is 5.32 Å². The fourth-order valence-electron chi connectivity index (χ4n) is 3.47. The van der Waals surface area contributed by atoms with E-state index in [1.807, 2.05) is 41.8 Å². The molecule has 0 bridgehead atoms. The Hall–Kier alpha value is -3.09. The molecule has 4 rings (SSSR count). The molecule has 1 saturated carbocycles. The number of aromatic nitrogens is 2. The molecule has 1 fully saturated rings. The molecule has 0 aliphatic heterocycles. The van der Waals surface area contributed by atoms with Gasteiger partial charge in [0.1, 0.15) is 11.5 Å². The fourth-order valence-corrected chi connectivity index (χ4v) is 3.47. The van der Waals surface area contributed by atoms with Crippen molar-refractivity contribution in [1.29, 1.82) is 0 Å². The summed E-state index contributed by atoms with van der Waals surface area (Å²) in [4.78, 5) is 17.3. The van der Waals surface area contributed by atoms with Gasteiger partial charge < -0.3 is 5.32 Å². The topological polar surface area (TPSA) is 46.9 Å². The molecule has 1 aliphatic carbocycles. The minimum Gasteiger partial charge on any atom is -0.347 e. The molecule has 1 N–H and O–H groups in total. The van der Waals surface area contributed by atoms with Crippen LogP contribution in [0.2, 0.25) is 0 Å². The number of carbonyl (C=O) groups excluding carboxylic acids is 1. The molecule has 0 radical (unpaired) electrons. The summed E-state index contributed by atoms with van der Waals surface area (Å²) in [6.07, 6.45) is -2.43. The number of alkyl halides is 3. The minimum atomic E-state index is -4.47. The third-order valence-electron chi connectivity index (χ3n) is 5.07. The monoisotopic (exact) mass is 399 g/mol. The van der Waals surface area contributed by atoms with Gasteiger partial charge in [-0.1, -0.05) is 36.4 Å². The first-order valence-electron chi connectivity index (χ1n) is 9.44. The zero-order valence-corrected chi connectivity index (χ0v) is 15.8. The predicted octanol–water partition coefficient (Wildman–Crippen LogP) is 5.01. The molecule has 1 amide bonds. The van der Waals surface area contributed by atoms with Crippen LogP contribution >= 0.6 is 0 Å². The van der Waals surface area contributed by atoms with Gasteiger partial charge in [-0.15, -0.1) is 0 Å². The predicted molar refractivity (Wildman–Crippen MR) is 103 cm³/mol. The highest BCUT2D eigenvalue weighted by atomic mass is 19.4. The minimum absolute atomic E-state index is 0.0240. The van der Waals surface area contributed by atoms with Gasteiger partial charge in [-0.25, -0.2) is 4.98 Å². The normalized spacial score (nSPS) is 14.1. The number of halogens is 3. The first-order valence-corrected chi connectivity index (χ1v) is 9.44. The summed E-state index contributed by atoms with van der Waals surface area (Å²) in [6.45, 7) is 1.59. The Bertz CT molecular complexity index is 1040. The molecule has 0 saturated heterocycles. The van der Waals surface area contributed by atoms with Gasteiger partial charge in [0.25, 0.3) is 5.91 Å². The number of hydrogen-bond acceptors (Lipinski definition) is 2. The molecule has 29 heavy (non-hydrogen) atoms. The van der Waals surface area contributed by atoms with Crippen LogP contribution in [0.15, 0.2) is 54.6 Å². The highest BCUT2D eigenvalue weighted by Gasteiger charge is 2.34. The number of nitrogens with one attached hydrogen (secondary N) is 1. The van der Waals surface area contributed by atoms with Crippen molar-refractivity contribution in [2.24, 2.45) is 0 Å². The Balaban J connectivity index is 1.61. The molecule has 7 heteroatoms. The number of para-hydroxylation sites is 1. The van der Waals surface area contributed by atoms with E-state index in [-0.39, 0.29) is 17.8 Å². The Morgan fingerprint density at radius 1 is 1.10 bits per heavy atom. The summed E-state index contributed by atoms with van der Waals surface area (Å²) in [5.41, 5.74) is 1.13. The number of amides is 1. The second kappa shape index (κ2) is 7.39. The Labute approximate surface area is 166 Å². The third-order valence-corrected chi connectivity index (χ3v) is 5.07. The van der Waals surface area contributed by atoms with Crippen LogP contribution in [-0.2, 0) is 12.7 Å². The molecule has 1 aromatic heterocycles. The summed E-state index contributed by atoms with van der Waals surface area (Å²) in [5, 5.41) is 2.61. The van der Waals surface area contributed by atoms with Crippen LogP contribution in [0.3, 0.4) is 0 Å². The van der Waals surface area contributed by atoms with Gasteiger partial charge in [-0.3, -0.25) is 9.36 Å². The zero-order valence-electron chi connectivity index (χ0n) is 15.8. The summed E-state index contributed by atoms with van der Waals surface area (Å²) < 4.78 is 41.5. The molecule has 0 spiro atoms. The van der Waals surface area contributed by atoms with Gasteiger partial charge >= 0.3 is 6.18 Å². The van der Waals surface area contributed by atoms with Gasteiger partial charge in [-0.05, 0) is 43.5 Å². The molecule has 1 heterocycles. The fraction of sp³-hybridized carbons (Fsp3) is 0.273. The van der Waals surface area contributed by atoms with E-state index in [2.05, 4.69) is 10.3 Å². The van der Waals surface area contributed by atoms with E-state index < -0.39 is 17.6 Å². The average Bonchev–Trinajstić information content (AvgIpc) is 3.49. The largest absolute Gasteiger partial charge is 0.416 e. The van der Waals surface area contributed by atoms with Crippen molar-refractivity contribution in [3.8, 4) is 5.69 Å². The van der Waals surface area contributed by atoms with E-state index in [1.165, 1.54) is 18.2 Å². The van der Waals surface area contributed by atoms with Crippen molar-refractivity contribution < 1.29 is 18.0 Å². The summed E-state index contributed by atoms with van der Waals surface area (Å²) in [7, 11) is 0. The van der Waals surface area contributed by atoms with E-state index in [0.717, 1.165) is 30.4 Å². The van der Waals surface area contributed by atoms with Crippen molar-refractivity contribution in [1.82, 2.24) is 14.9 Å².